The van der Waals surface area contributed by atoms with Crippen LogP contribution in [0.2, 0.25) is 0 Å². The van der Waals surface area contributed by atoms with Gasteiger partial charge in [0.25, 0.3) is 0 Å². The molecule has 0 aliphatic rings. The Labute approximate surface area is 117 Å². The lowest BCUT2D eigenvalue weighted by molar-refractivity contribution is 1.24. The molecule has 0 bridgehead atoms. The van der Waals surface area contributed by atoms with Gasteiger partial charge >= 0.3 is 0 Å². The first-order valence-corrected chi connectivity index (χ1v) is 6.50. The molecule has 0 radical (unpaired) electrons. The molecule has 3 aromatic rings. The van der Waals surface area contributed by atoms with E-state index in [1.165, 1.54) is 5.56 Å². The van der Waals surface area contributed by atoms with Crippen molar-refractivity contribution in [3.63, 3.8) is 0 Å². The molecule has 0 aromatic heterocycles. The van der Waals surface area contributed by atoms with Gasteiger partial charge in [-0.25, -0.2) is 0 Å². The summed E-state index contributed by atoms with van der Waals surface area (Å²) in [6, 6.07) is 19.8. The van der Waals surface area contributed by atoms with Crippen molar-refractivity contribution < 1.29 is 0 Å². The maximum absolute atomic E-state index is 6.02. The second-order valence-corrected chi connectivity index (χ2v) is 4.76. The molecule has 98 valence electrons. The number of azo groups is 1. The van der Waals surface area contributed by atoms with Gasteiger partial charge in [0.1, 0.15) is 5.69 Å². The Morgan fingerprint density at radius 2 is 1.55 bits per heavy atom. The first-order chi connectivity index (χ1) is 9.74. The maximum atomic E-state index is 6.02. The highest BCUT2D eigenvalue weighted by atomic mass is 15.1. The lowest BCUT2D eigenvalue weighted by atomic mass is 10.1. The third-order valence-corrected chi connectivity index (χ3v) is 3.23. The Morgan fingerprint density at radius 1 is 0.800 bits per heavy atom. The van der Waals surface area contributed by atoms with E-state index in [9.17, 15) is 0 Å². The largest absolute Gasteiger partial charge is 0.397 e. The zero-order valence-corrected chi connectivity index (χ0v) is 11.2. The average molecular weight is 261 g/mol. The van der Waals surface area contributed by atoms with Crippen LogP contribution in [0.15, 0.2) is 70.9 Å². The number of anilines is 1. The summed E-state index contributed by atoms with van der Waals surface area (Å²) in [5.74, 6) is 0. The Bertz CT molecular complexity index is 774. The van der Waals surface area contributed by atoms with Crippen LogP contribution < -0.4 is 5.73 Å². The summed E-state index contributed by atoms with van der Waals surface area (Å²) in [6.07, 6.45) is 0. The van der Waals surface area contributed by atoms with Crippen LogP contribution in [-0.4, -0.2) is 0 Å². The molecule has 3 aromatic carbocycles. The Morgan fingerprint density at radius 3 is 2.35 bits per heavy atom. The molecule has 0 aliphatic heterocycles. The molecule has 3 rings (SSSR count). The third kappa shape index (κ3) is 2.38. The molecule has 0 amide bonds. The summed E-state index contributed by atoms with van der Waals surface area (Å²) < 4.78 is 0. The van der Waals surface area contributed by atoms with Crippen LogP contribution in [0.25, 0.3) is 10.8 Å². The van der Waals surface area contributed by atoms with Gasteiger partial charge in [-0.2, -0.15) is 5.11 Å². The van der Waals surface area contributed by atoms with Crippen molar-refractivity contribution in [3.05, 3.63) is 66.2 Å². The second kappa shape index (κ2) is 5.13. The van der Waals surface area contributed by atoms with E-state index in [0.717, 1.165) is 22.1 Å². The van der Waals surface area contributed by atoms with Crippen molar-refractivity contribution in [2.45, 2.75) is 6.92 Å². The van der Waals surface area contributed by atoms with Crippen LogP contribution in [0.3, 0.4) is 0 Å². The van der Waals surface area contributed by atoms with Gasteiger partial charge in [-0.3, -0.25) is 0 Å². The molecule has 2 N–H and O–H groups in total. The van der Waals surface area contributed by atoms with E-state index < -0.39 is 0 Å². The van der Waals surface area contributed by atoms with Crippen LogP contribution >= 0.6 is 0 Å². The van der Waals surface area contributed by atoms with Gasteiger partial charge in [-0.15, -0.1) is 5.11 Å². The summed E-state index contributed by atoms with van der Waals surface area (Å²) in [5.41, 5.74) is 9.41. The van der Waals surface area contributed by atoms with Gasteiger partial charge in [-0.05, 0) is 30.5 Å². The Hall–Kier alpha value is -2.68. The molecule has 0 saturated heterocycles. The van der Waals surface area contributed by atoms with Crippen molar-refractivity contribution in [1.82, 2.24) is 0 Å². The van der Waals surface area contributed by atoms with Crippen molar-refractivity contribution in [3.8, 4) is 0 Å². The summed E-state index contributed by atoms with van der Waals surface area (Å²) >= 11 is 0. The lowest BCUT2D eigenvalue weighted by Gasteiger charge is -2.04. The summed E-state index contributed by atoms with van der Waals surface area (Å²) in [6.45, 7) is 2.05. The molecule has 0 unspecified atom stereocenters. The van der Waals surface area contributed by atoms with Gasteiger partial charge < -0.3 is 5.73 Å². The summed E-state index contributed by atoms with van der Waals surface area (Å²) in [7, 11) is 0. The van der Waals surface area contributed by atoms with Gasteiger partial charge in [0.2, 0.25) is 0 Å². The molecule has 0 atom stereocenters. The number of aryl methyl sites for hydroxylation is 1. The molecular formula is C17H15N3. The highest BCUT2D eigenvalue weighted by Gasteiger charge is 2.03. The monoisotopic (exact) mass is 261 g/mol. The maximum Gasteiger partial charge on any atom is 0.116 e. The first kappa shape index (κ1) is 12.4. The van der Waals surface area contributed by atoms with Crippen LogP contribution in [0.1, 0.15) is 5.56 Å². The molecule has 3 nitrogen and oxygen atoms in total. The minimum atomic E-state index is 0.638. The van der Waals surface area contributed by atoms with Crippen LogP contribution in [-0.2, 0) is 0 Å². The average Bonchev–Trinajstić information content (AvgIpc) is 2.48. The molecule has 0 heterocycles. The van der Waals surface area contributed by atoms with Gasteiger partial charge in [0, 0.05) is 5.39 Å². The standard InChI is InChI=1S/C17H15N3/c1-12-6-9-14(10-7-12)19-20-17-15-5-3-2-4-13(15)8-11-16(17)18/h2-11H,18H2,1H3. The SMILES string of the molecule is Cc1ccc(N=Nc2c(N)ccc3ccccc23)cc1. The van der Waals surface area contributed by atoms with E-state index in [-0.39, 0.29) is 0 Å². The molecule has 0 fully saturated rings. The van der Waals surface area contributed by atoms with E-state index >= 15 is 0 Å². The summed E-state index contributed by atoms with van der Waals surface area (Å²) in [4.78, 5) is 0. The molecule has 20 heavy (non-hydrogen) atoms. The number of fused-ring (bicyclic) bond motifs is 1. The number of hydrogen-bond donors (Lipinski definition) is 1. The summed E-state index contributed by atoms with van der Waals surface area (Å²) in [5, 5.41) is 10.7. The predicted octanol–water partition coefficient (Wildman–Crippen LogP) is 5.15. The smallest absolute Gasteiger partial charge is 0.116 e. The highest BCUT2D eigenvalue weighted by Crippen LogP contribution is 2.33. The van der Waals surface area contributed by atoms with E-state index in [1.807, 2.05) is 67.6 Å². The topological polar surface area (TPSA) is 50.7 Å². The van der Waals surface area contributed by atoms with Crippen LogP contribution in [0, 0.1) is 6.92 Å². The number of nitrogen functional groups attached to an aromatic ring is 1. The fourth-order valence-corrected chi connectivity index (χ4v) is 2.10. The fourth-order valence-electron chi connectivity index (χ4n) is 2.10. The first-order valence-electron chi connectivity index (χ1n) is 6.50. The molecular weight excluding hydrogens is 246 g/mol. The zero-order chi connectivity index (χ0) is 13.9. The third-order valence-electron chi connectivity index (χ3n) is 3.23. The van der Waals surface area contributed by atoms with E-state index in [4.69, 9.17) is 5.73 Å². The second-order valence-electron chi connectivity index (χ2n) is 4.76. The number of benzene rings is 3. The molecule has 0 aliphatic carbocycles. The zero-order valence-electron chi connectivity index (χ0n) is 11.2. The van der Waals surface area contributed by atoms with Crippen molar-refractivity contribution in [2.24, 2.45) is 10.2 Å². The minimum absolute atomic E-state index is 0.638. The van der Waals surface area contributed by atoms with Crippen LogP contribution in [0.5, 0.6) is 0 Å². The molecule has 0 saturated carbocycles. The molecule has 3 heteroatoms. The predicted molar refractivity (Wildman–Crippen MR) is 83.7 cm³/mol. The number of nitrogens with zero attached hydrogens (tertiary/aromatic N) is 2. The normalized spacial score (nSPS) is 11.2. The van der Waals surface area contributed by atoms with Crippen LogP contribution in [0.4, 0.5) is 17.1 Å². The Kier molecular flexibility index (Phi) is 3.17. The number of nitrogens with two attached hydrogens (primary N) is 1. The van der Waals surface area contributed by atoms with Crippen molar-refractivity contribution in [2.75, 3.05) is 5.73 Å². The highest BCUT2D eigenvalue weighted by molar-refractivity contribution is 5.97. The fraction of sp³-hybridized carbons (Fsp3) is 0.0588. The lowest BCUT2D eigenvalue weighted by Crippen LogP contribution is -1.85. The van der Waals surface area contributed by atoms with Crippen molar-refractivity contribution in [1.29, 1.82) is 0 Å². The van der Waals surface area contributed by atoms with Crippen molar-refractivity contribution >= 4 is 27.8 Å². The minimum Gasteiger partial charge on any atom is -0.397 e. The van der Waals surface area contributed by atoms with Gasteiger partial charge in [-0.1, -0.05) is 48.0 Å². The van der Waals surface area contributed by atoms with E-state index in [2.05, 4.69) is 10.2 Å². The quantitative estimate of drug-likeness (QED) is 0.503. The molecule has 0 spiro atoms. The Balaban J connectivity index is 2.06. The number of rotatable bonds is 2. The van der Waals surface area contributed by atoms with Gasteiger partial charge in [0.05, 0.1) is 11.4 Å². The number of hydrogen-bond acceptors (Lipinski definition) is 3. The van der Waals surface area contributed by atoms with Gasteiger partial charge in [0.15, 0.2) is 0 Å². The van der Waals surface area contributed by atoms with E-state index in [1.54, 1.807) is 0 Å². The van der Waals surface area contributed by atoms with E-state index in [0.29, 0.717) is 5.69 Å².